The van der Waals surface area contributed by atoms with Crippen molar-refractivity contribution in [1.82, 2.24) is 15.1 Å². The van der Waals surface area contributed by atoms with Crippen LogP contribution < -0.4 is 10.6 Å². The Bertz CT molecular complexity index is 629. The first-order chi connectivity index (χ1) is 10.6. The summed E-state index contributed by atoms with van der Waals surface area (Å²) >= 11 is 1.64. The number of nitrogens with one attached hydrogen (secondary N) is 2. The summed E-state index contributed by atoms with van der Waals surface area (Å²) in [6, 6.07) is 2.26. The number of carbonyl (C=O) groups excluding carboxylic acids is 1. The van der Waals surface area contributed by atoms with Crippen molar-refractivity contribution < 1.29 is 4.79 Å². The molecular formula is C16H22N4OS. The standard InChI is InChI=1S/C16H22N4OS/c1-11-9-17-20(14-5-3-4-6-14)15(11)19-16(21)18-12(2)13-7-8-22-10-13/h7-10,12,14H,3-6H2,1-2H3,(H2,18,19,21). The van der Waals surface area contributed by atoms with E-state index in [-0.39, 0.29) is 12.1 Å². The number of hydrogen-bond donors (Lipinski definition) is 2. The van der Waals surface area contributed by atoms with Gasteiger partial charge in [-0.3, -0.25) is 5.32 Å². The average molecular weight is 318 g/mol. The molecule has 0 aliphatic heterocycles. The van der Waals surface area contributed by atoms with Crippen molar-refractivity contribution in [1.29, 1.82) is 0 Å². The molecule has 0 saturated heterocycles. The summed E-state index contributed by atoms with van der Waals surface area (Å²) in [5, 5.41) is 14.5. The number of thiophene rings is 1. The van der Waals surface area contributed by atoms with Gasteiger partial charge in [0.25, 0.3) is 0 Å². The number of amides is 2. The zero-order chi connectivity index (χ0) is 15.5. The molecule has 1 aliphatic rings. The van der Waals surface area contributed by atoms with E-state index in [0.717, 1.165) is 29.8 Å². The van der Waals surface area contributed by atoms with Crippen molar-refractivity contribution in [2.45, 2.75) is 51.6 Å². The number of nitrogens with zero attached hydrogens (tertiary/aromatic N) is 2. The second-order valence-electron chi connectivity index (χ2n) is 5.94. The van der Waals surface area contributed by atoms with E-state index >= 15 is 0 Å². The fraction of sp³-hybridized carbons (Fsp3) is 0.500. The van der Waals surface area contributed by atoms with Crippen molar-refractivity contribution >= 4 is 23.2 Å². The third-order valence-electron chi connectivity index (χ3n) is 4.27. The fourth-order valence-corrected chi connectivity index (χ4v) is 3.73. The van der Waals surface area contributed by atoms with Crippen LogP contribution in [0.2, 0.25) is 0 Å². The van der Waals surface area contributed by atoms with E-state index < -0.39 is 0 Å². The topological polar surface area (TPSA) is 59.0 Å². The normalized spacial score (nSPS) is 16.6. The van der Waals surface area contributed by atoms with E-state index in [1.807, 2.05) is 36.2 Å². The highest BCUT2D eigenvalue weighted by Crippen LogP contribution is 2.32. The second kappa shape index (κ2) is 6.52. The van der Waals surface area contributed by atoms with Crippen LogP contribution in [0, 0.1) is 6.92 Å². The van der Waals surface area contributed by atoms with Gasteiger partial charge in [-0.05, 0) is 49.1 Å². The third kappa shape index (κ3) is 3.16. The molecule has 2 aromatic rings. The molecule has 0 bridgehead atoms. The van der Waals surface area contributed by atoms with Gasteiger partial charge in [0.1, 0.15) is 5.82 Å². The molecule has 5 nitrogen and oxygen atoms in total. The minimum absolute atomic E-state index is 0.00518. The molecule has 2 N–H and O–H groups in total. The molecule has 2 aromatic heterocycles. The summed E-state index contributed by atoms with van der Waals surface area (Å²) in [6.45, 7) is 3.97. The summed E-state index contributed by atoms with van der Waals surface area (Å²) in [7, 11) is 0. The molecule has 2 amide bonds. The van der Waals surface area contributed by atoms with Gasteiger partial charge in [0, 0.05) is 5.56 Å². The summed E-state index contributed by atoms with van der Waals surface area (Å²) < 4.78 is 1.98. The molecule has 6 heteroatoms. The van der Waals surface area contributed by atoms with Crippen LogP contribution in [-0.4, -0.2) is 15.8 Å². The maximum atomic E-state index is 12.3. The van der Waals surface area contributed by atoms with Gasteiger partial charge >= 0.3 is 6.03 Å². The molecule has 22 heavy (non-hydrogen) atoms. The van der Waals surface area contributed by atoms with E-state index in [1.54, 1.807) is 11.3 Å². The highest BCUT2D eigenvalue weighted by molar-refractivity contribution is 7.07. The first-order valence-electron chi connectivity index (χ1n) is 7.79. The molecule has 0 spiro atoms. The number of anilines is 1. The van der Waals surface area contributed by atoms with Crippen molar-refractivity contribution in [3.63, 3.8) is 0 Å². The monoisotopic (exact) mass is 318 g/mol. The number of urea groups is 1. The van der Waals surface area contributed by atoms with Crippen LogP contribution in [0.25, 0.3) is 0 Å². The van der Waals surface area contributed by atoms with E-state index in [9.17, 15) is 4.79 Å². The number of aryl methyl sites for hydroxylation is 1. The lowest BCUT2D eigenvalue weighted by Gasteiger charge is -2.17. The summed E-state index contributed by atoms with van der Waals surface area (Å²) in [6.07, 6.45) is 6.59. The number of hydrogen-bond acceptors (Lipinski definition) is 3. The Kier molecular flexibility index (Phi) is 4.47. The fourth-order valence-electron chi connectivity index (χ4n) is 2.97. The zero-order valence-electron chi connectivity index (χ0n) is 13.0. The highest BCUT2D eigenvalue weighted by atomic mass is 32.1. The smallest absolute Gasteiger partial charge is 0.320 e. The van der Waals surface area contributed by atoms with Crippen LogP contribution >= 0.6 is 11.3 Å². The molecule has 118 valence electrons. The second-order valence-corrected chi connectivity index (χ2v) is 6.72. The number of aromatic nitrogens is 2. The molecule has 1 atom stereocenters. The average Bonchev–Trinajstić information content (AvgIpc) is 3.21. The van der Waals surface area contributed by atoms with Crippen LogP contribution in [-0.2, 0) is 0 Å². The lowest BCUT2D eigenvalue weighted by Crippen LogP contribution is -2.32. The molecule has 3 rings (SSSR count). The van der Waals surface area contributed by atoms with Crippen LogP contribution in [0.3, 0.4) is 0 Å². The Balaban J connectivity index is 1.67. The molecule has 1 aliphatic carbocycles. The van der Waals surface area contributed by atoms with Crippen LogP contribution in [0.15, 0.2) is 23.0 Å². The van der Waals surface area contributed by atoms with E-state index in [2.05, 4.69) is 21.1 Å². The number of rotatable bonds is 4. The van der Waals surface area contributed by atoms with Gasteiger partial charge in [-0.2, -0.15) is 16.4 Å². The minimum atomic E-state index is -0.179. The lowest BCUT2D eigenvalue weighted by molar-refractivity contribution is 0.249. The molecule has 2 heterocycles. The summed E-state index contributed by atoms with van der Waals surface area (Å²) in [5.41, 5.74) is 2.13. The van der Waals surface area contributed by atoms with Gasteiger partial charge in [-0.25, -0.2) is 9.48 Å². The first-order valence-corrected chi connectivity index (χ1v) is 8.73. The van der Waals surface area contributed by atoms with E-state index in [0.29, 0.717) is 6.04 Å². The SMILES string of the molecule is Cc1cnn(C2CCCC2)c1NC(=O)NC(C)c1ccsc1. The molecule has 1 fully saturated rings. The molecule has 0 aromatic carbocycles. The van der Waals surface area contributed by atoms with Gasteiger partial charge < -0.3 is 5.32 Å². The maximum absolute atomic E-state index is 12.3. The van der Waals surface area contributed by atoms with Gasteiger partial charge in [0.05, 0.1) is 18.3 Å². The van der Waals surface area contributed by atoms with Crippen molar-refractivity contribution in [3.05, 3.63) is 34.2 Å². The molecule has 0 radical (unpaired) electrons. The van der Waals surface area contributed by atoms with Crippen LogP contribution in [0.1, 0.15) is 55.8 Å². The minimum Gasteiger partial charge on any atom is -0.331 e. The van der Waals surface area contributed by atoms with Crippen molar-refractivity contribution in [3.8, 4) is 0 Å². The van der Waals surface area contributed by atoms with Crippen LogP contribution in [0.5, 0.6) is 0 Å². The Hall–Kier alpha value is -1.82. The van der Waals surface area contributed by atoms with Gasteiger partial charge in [0.15, 0.2) is 0 Å². The zero-order valence-corrected chi connectivity index (χ0v) is 13.8. The van der Waals surface area contributed by atoms with E-state index in [1.165, 1.54) is 12.8 Å². The summed E-state index contributed by atoms with van der Waals surface area (Å²) in [4.78, 5) is 12.3. The molecule has 1 unspecified atom stereocenters. The van der Waals surface area contributed by atoms with Crippen molar-refractivity contribution in [2.24, 2.45) is 0 Å². The first kappa shape index (κ1) is 15.1. The number of carbonyl (C=O) groups is 1. The molecular weight excluding hydrogens is 296 g/mol. The highest BCUT2D eigenvalue weighted by Gasteiger charge is 2.22. The van der Waals surface area contributed by atoms with Crippen molar-refractivity contribution in [2.75, 3.05) is 5.32 Å². The lowest BCUT2D eigenvalue weighted by atomic mass is 10.2. The van der Waals surface area contributed by atoms with Gasteiger partial charge in [0.2, 0.25) is 0 Å². The Labute approximate surface area is 134 Å². The quantitative estimate of drug-likeness (QED) is 0.885. The molecule has 1 saturated carbocycles. The maximum Gasteiger partial charge on any atom is 0.320 e. The Morgan fingerprint density at radius 1 is 1.45 bits per heavy atom. The van der Waals surface area contributed by atoms with E-state index in [4.69, 9.17) is 0 Å². The Morgan fingerprint density at radius 3 is 2.91 bits per heavy atom. The predicted octanol–water partition coefficient (Wildman–Crippen LogP) is 4.25. The predicted molar refractivity (Wildman–Crippen MR) is 89.4 cm³/mol. The van der Waals surface area contributed by atoms with Crippen LogP contribution in [0.4, 0.5) is 10.6 Å². The van der Waals surface area contributed by atoms with Gasteiger partial charge in [-0.15, -0.1) is 0 Å². The summed E-state index contributed by atoms with van der Waals surface area (Å²) in [5.74, 6) is 0.821. The largest absolute Gasteiger partial charge is 0.331 e. The third-order valence-corrected chi connectivity index (χ3v) is 4.97. The Morgan fingerprint density at radius 2 is 2.23 bits per heavy atom. The van der Waals surface area contributed by atoms with Gasteiger partial charge in [-0.1, -0.05) is 12.8 Å².